The number of hydrogen-bond donors (Lipinski definition) is 1. The summed E-state index contributed by atoms with van der Waals surface area (Å²) in [6.07, 6.45) is 7.57. The van der Waals surface area contributed by atoms with Gasteiger partial charge in [-0.15, -0.1) is 11.8 Å². The maximum Gasteiger partial charge on any atom is 0.255 e. The largest absolute Gasteiger partial charge is 0.339 e. The molecule has 2 aliphatic rings. The first-order chi connectivity index (χ1) is 16.0. The van der Waals surface area contributed by atoms with Crippen molar-refractivity contribution < 1.29 is 13.2 Å². The molecule has 0 aliphatic carbocycles. The van der Waals surface area contributed by atoms with Crippen LogP contribution in [0, 0.1) is 0 Å². The monoisotopic (exact) mass is 487 g/mol. The van der Waals surface area contributed by atoms with Crippen LogP contribution in [0.3, 0.4) is 0 Å². The van der Waals surface area contributed by atoms with Crippen molar-refractivity contribution in [1.29, 1.82) is 0 Å². The maximum atomic E-state index is 13.1. The molecule has 0 saturated carbocycles. The summed E-state index contributed by atoms with van der Waals surface area (Å²) in [7, 11) is -3.74. The Labute approximate surface area is 201 Å². The van der Waals surface area contributed by atoms with Crippen LogP contribution in [0.5, 0.6) is 0 Å². The van der Waals surface area contributed by atoms with Gasteiger partial charge >= 0.3 is 0 Å². The Bertz CT molecular complexity index is 1060. The summed E-state index contributed by atoms with van der Waals surface area (Å²) in [6, 6.07) is 13.0. The molecule has 2 aromatic rings. The molecule has 0 spiro atoms. The van der Waals surface area contributed by atoms with E-state index in [0.29, 0.717) is 5.56 Å². The predicted octanol–water partition coefficient (Wildman–Crippen LogP) is 4.11. The third kappa shape index (κ3) is 6.18. The topological polar surface area (TPSA) is 69.7 Å². The summed E-state index contributed by atoms with van der Waals surface area (Å²) in [5.41, 5.74) is 2.63. The molecule has 0 atom stereocenters. The summed E-state index contributed by atoms with van der Waals surface area (Å²) >= 11 is 1.46. The fraction of sp³-hybridized carbons (Fsp3) is 0.480. The van der Waals surface area contributed by atoms with Gasteiger partial charge in [-0.3, -0.25) is 9.69 Å². The van der Waals surface area contributed by atoms with Crippen molar-refractivity contribution in [3.05, 3.63) is 59.2 Å². The average molecular weight is 488 g/mol. The Morgan fingerprint density at radius 1 is 0.909 bits per heavy atom. The van der Waals surface area contributed by atoms with Crippen LogP contribution in [0.2, 0.25) is 0 Å². The first-order valence-corrected chi connectivity index (χ1v) is 14.4. The highest BCUT2D eigenvalue weighted by atomic mass is 32.2. The molecule has 4 rings (SSSR count). The van der Waals surface area contributed by atoms with E-state index in [2.05, 4.69) is 21.8 Å². The minimum absolute atomic E-state index is 0.0790. The quantitative estimate of drug-likeness (QED) is 0.568. The number of benzene rings is 2. The molecule has 0 radical (unpaired) electrons. The molecule has 2 heterocycles. The molecule has 8 heteroatoms. The number of rotatable bonds is 8. The SMILES string of the molecule is CSc1ccc(S(=O)(=O)NCc2ccc(CN3CCCC3)cc2)cc1C(=O)N1CCCCC1. The van der Waals surface area contributed by atoms with Crippen LogP contribution in [-0.2, 0) is 23.1 Å². The Kier molecular flexibility index (Phi) is 8.11. The molecule has 2 fully saturated rings. The van der Waals surface area contributed by atoms with Crippen molar-refractivity contribution in [3.8, 4) is 0 Å². The van der Waals surface area contributed by atoms with Crippen LogP contribution in [0.25, 0.3) is 0 Å². The molecule has 0 aromatic heterocycles. The van der Waals surface area contributed by atoms with Crippen molar-refractivity contribution in [2.24, 2.45) is 0 Å². The predicted molar refractivity (Wildman–Crippen MR) is 133 cm³/mol. The maximum absolute atomic E-state index is 13.1. The van der Waals surface area contributed by atoms with Crippen molar-refractivity contribution in [3.63, 3.8) is 0 Å². The number of amides is 1. The summed E-state index contributed by atoms with van der Waals surface area (Å²) in [5.74, 6) is -0.0790. The highest BCUT2D eigenvalue weighted by Crippen LogP contribution is 2.26. The lowest BCUT2D eigenvalue weighted by Crippen LogP contribution is -2.36. The van der Waals surface area contributed by atoms with Crippen molar-refractivity contribution in [2.75, 3.05) is 32.4 Å². The van der Waals surface area contributed by atoms with Gasteiger partial charge in [-0.05, 0) is 80.8 Å². The summed E-state index contributed by atoms with van der Waals surface area (Å²) in [6.45, 7) is 4.93. The number of thioether (sulfide) groups is 1. The number of sulfonamides is 1. The van der Waals surface area contributed by atoms with E-state index in [1.54, 1.807) is 12.1 Å². The van der Waals surface area contributed by atoms with E-state index < -0.39 is 10.0 Å². The Morgan fingerprint density at radius 3 is 2.21 bits per heavy atom. The van der Waals surface area contributed by atoms with Gasteiger partial charge in [0.25, 0.3) is 5.91 Å². The third-order valence-electron chi connectivity index (χ3n) is 6.45. The second kappa shape index (κ2) is 11.0. The molecule has 1 N–H and O–H groups in total. The zero-order valence-corrected chi connectivity index (χ0v) is 20.9. The second-order valence-electron chi connectivity index (χ2n) is 8.84. The molecule has 2 saturated heterocycles. The van der Waals surface area contributed by atoms with Crippen LogP contribution in [-0.4, -0.2) is 56.6 Å². The van der Waals surface area contributed by atoms with Crippen LogP contribution in [0.15, 0.2) is 52.3 Å². The molecule has 1 amide bonds. The van der Waals surface area contributed by atoms with Gasteiger partial charge in [0.2, 0.25) is 10.0 Å². The number of likely N-dealkylation sites (tertiary alicyclic amines) is 2. The first-order valence-electron chi connectivity index (χ1n) is 11.7. The van der Waals surface area contributed by atoms with E-state index in [4.69, 9.17) is 0 Å². The molecular formula is C25H33N3O3S2. The van der Waals surface area contributed by atoms with E-state index in [-0.39, 0.29) is 17.3 Å². The van der Waals surface area contributed by atoms with Gasteiger partial charge in [-0.25, -0.2) is 13.1 Å². The third-order valence-corrected chi connectivity index (χ3v) is 8.64. The van der Waals surface area contributed by atoms with Crippen molar-refractivity contribution in [2.45, 2.75) is 55.0 Å². The molecule has 0 bridgehead atoms. The van der Waals surface area contributed by atoms with E-state index in [1.165, 1.54) is 36.2 Å². The van der Waals surface area contributed by atoms with Gasteiger partial charge in [0.1, 0.15) is 0 Å². The molecular weight excluding hydrogens is 454 g/mol. The van der Waals surface area contributed by atoms with Gasteiger partial charge in [0.05, 0.1) is 10.5 Å². The molecule has 33 heavy (non-hydrogen) atoms. The van der Waals surface area contributed by atoms with E-state index >= 15 is 0 Å². The summed E-state index contributed by atoms with van der Waals surface area (Å²) in [4.78, 5) is 18.3. The zero-order chi connectivity index (χ0) is 23.3. The first kappa shape index (κ1) is 24.3. The fourth-order valence-electron chi connectivity index (χ4n) is 4.51. The van der Waals surface area contributed by atoms with Crippen molar-refractivity contribution in [1.82, 2.24) is 14.5 Å². The Morgan fingerprint density at radius 2 is 1.55 bits per heavy atom. The number of carbonyl (C=O) groups is 1. The molecule has 0 unspecified atom stereocenters. The highest BCUT2D eigenvalue weighted by molar-refractivity contribution is 7.98. The molecule has 178 valence electrons. The zero-order valence-electron chi connectivity index (χ0n) is 19.3. The normalized spacial score (nSPS) is 17.4. The number of nitrogens with one attached hydrogen (secondary N) is 1. The molecule has 6 nitrogen and oxygen atoms in total. The van der Waals surface area contributed by atoms with E-state index in [1.807, 2.05) is 23.3 Å². The number of carbonyl (C=O) groups excluding carboxylic acids is 1. The molecule has 2 aromatic carbocycles. The second-order valence-corrected chi connectivity index (χ2v) is 11.5. The summed E-state index contributed by atoms with van der Waals surface area (Å²) in [5, 5.41) is 0. The van der Waals surface area contributed by atoms with Crippen LogP contribution in [0.1, 0.15) is 53.6 Å². The van der Waals surface area contributed by atoms with Gasteiger partial charge in [0, 0.05) is 31.1 Å². The van der Waals surface area contributed by atoms with Gasteiger partial charge in [-0.2, -0.15) is 0 Å². The Balaban J connectivity index is 1.43. The Hall–Kier alpha value is -1.87. The average Bonchev–Trinajstić information content (AvgIpc) is 3.36. The lowest BCUT2D eigenvalue weighted by atomic mass is 10.1. The van der Waals surface area contributed by atoms with E-state index in [9.17, 15) is 13.2 Å². The minimum atomic E-state index is -3.74. The number of hydrogen-bond acceptors (Lipinski definition) is 5. The van der Waals surface area contributed by atoms with Gasteiger partial charge in [-0.1, -0.05) is 24.3 Å². The van der Waals surface area contributed by atoms with Crippen LogP contribution >= 0.6 is 11.8 Å². The summed E-state index contributed by atoms with van der Waals surface area (Å²) < 4.78 is 28.7. The minimum Gasteiger partial charge on any atom is -0.339 e. The van der Waals surface area contributed by atoms with Crippen LogP contribution < -0.4 is 4.72 Å². The highest BCUT2D eigenvalue weighted by Gasteiger charge is 2.23. The van der Waals surface area contributed by atoms with Crippen LogP contribution in [0.4, 0.5) is 0 Å². The van der Waals surface area contributed by atoms with Gasteiger partial charge in [0.15, 0.2) is 0 Å². The standard InChI is InChI=1S/C25H33N3O3S2/c1-32-24-12-11-22(17-23(24)25(29)28-15-3-2-4-16-28)33(30,31)26-18-20-7-9-21(10-8-20)19-27-13-5-6-14-27/h7-12,17,26H,2-6,13-16,18-19H2,1H3. The van der Waals surface area contributed by atoms with Crippen molar-refractivity contribution >= 4 is 27.7 Å². The number of piperidine rings is 1. The lowest BCUT2D eigenvalue weighted by Gasteiger charge is -2.27. The smallest absolute Gasteiger partial charge is 0.255 e. The fourth-order valence-corrected chi connectivity index (χ4v) is 6.13. The number of nitrogens with zero attached hydrogens (tertiary/aromatic N) is 2. The lowest BCUT2D eigenvalue weighted by molar-refractivity contribution is 0.0720. The molecule has 2 aliphatic heterocycles. The van der Waals surface area contributed by atoms with E-state index in [0.717, 1.165) is 62.4 Å². The van der Waals surface area contributed by atoms with Gasteiger partial charge < -0.3 is 4.90 Å².